The Morgan fingerprint density at radius 3 is 2.65 bits per heavy atom. The topological polar surface area (TPSA) is 62.2 Å². The van der Waals surface area contributed by atoms with Gasteiger partial charge in [-0.3, -0.25) is 4.79 Å². The molecule has 1 aromatic carbocycles. The molecule has 0 aliphatic heterocycles. The van der Waals surface area contributed by atoms with Crippen LogP contribution in [0.4, 0.5) is 24.0 Å². The van der Waals surface area contributed by atoms with Gasteiger partial charge < -0.3 is 10.4 Å². The molecular weight excluding hydrogens is 293 g/mol. The number of nitrogens with one attached hydrogen (secondary N) is 1. The summed E-state index contributed by atoms with van der Waals surface area (Å²) >= 11 is 1.12. The molecule has 0 radical (unpaired) electrons. The predicted octanol–water partition coefficient (Wildman–Crippen LogP) is 3.32. The van der Waals surface area contributed by atoms with Crippen LogP contribution in [-0.4, -0.2) is 16.1 Å². The van der Waals surface area contributed by atoms with Gasteiger partial charge in [-0.1, -0.05) is 0 Å². The maximum Gasteiger partial charge on any atom is 0.303 e. The molecule has 1 heterocycles. The van der Waals surface area contributed by atoms with Gasteiger partial charge in [-0.2, -0.15) is 0 Å². The third-order valence-corrected chi connectivity index (χ3v) is 3.20. The summed E-state index contributed by atoms with van der Waals surface area (Å²) in [6, 6.07) is 1.14. The Labute approximate surface area is 115 Å². The zero-order chi connectivity index (χ0) is 14.7. The minimum Gasteiger partial charge on any atom is -0.481 e. The number of halogens is 3. The summed E-state index contributed by atoms with van der Waals surface area (Å²) in [4.78, 5) is 14.4. The van der Waals surface area contributed by atoms with Crippen molar-refractivity contribution in [3.05, 3.63) is 40.7 Å². The third kappa shape index (κ3) is 3.47. The average molecular weight is 302 g/mol. The number of aromatic nitrogens is 1. The molecule has 0 aliphatic rings. The molecule has 0 saturated carbocycles. The van der Waals surface area contributed by atoms with Crippen LogP contribution in [0.1, 0.15) is 12.1 Å². The molecule has 2 N–H and O–H groups in total. The summed E-state index contributed by atoms with van der Waals surface area (Å²) in [7, 11) is 0. The standard InChI is InChI=1S/C12H9F3N2O2S/c13-7-3-9(15)10(4-8(7)14)17-12-16-6(5-20-12)1-2-11(18)19/h3-5H,1-2H2,(H,16,17)(H,18,19). The van der Waals surface area contributed by atoms with Crippen LogP contribution in [0.3, 0.4) is 0 Å². The lowest BCUT2D eigenvalue weighted by atomic mass is 10.2. The molecule has 2 rings (SSSR count). The summed E-state index contributed by atoms with van der Waals surface area (Å²) in [5, 5.41) is 13.0. The quantitative estimate of drug-likeness (QED) is 0.832. The van der Waals surface area contributed by atoms with E-state index >= 15 is 0 Å². The summed E-state index contributed by atoms with van der Waals surface area (Å²) < 4.78 is 39.2. The van der Waals surface area contributed by atoms with E-state index in [1.165, 1.54) is 0 Å². The van der Waals surface area contributed by atoms with Gasteiger partial charge in [0.05, 0.1) is 17.8 Å². The minimum absolute atomic E-state index is 0.0668. The van der Waals surface area contributed by atoms with Crippen LogP contribution in [-0.2, 0) is 11.2 Å². The van der Waals surface area contributed by atoms with E-state index in [2.05, 4.69) is 10.3 Å². The number of benzene rings is 1. The van der Waals surface area contributed by atoms with Gasteiger partial charge in [-0.15, -0.1) is 11.3 Å². The molecule has 4 nitrogen and oxygen atoms in total. The van der Waals surface area contributed by atoms with Crippen molar-refractivity contribution in [1.29, 1.82) is 0 Å². The zero-order valence-corrected chi connectivity index (χ0v) is 10.8. The molecule has 0 aliphatic carbocycles. The Balaban J connectivity index is 2.10. The Kier molecular flexibility index (Phi) is 4.23. The molecule has 0 bridgehead atoms. The number of aliphatic carboxylic acids is 1. The first kappa shape index (κ1) is 14.3. The van der Waals surface area contributed by atoms with E-state index in [1.807, 2.05) is 0 Å². The van der Waals surface area contributed by atoms with E-state index in [0.717, 1.165) is 11.3 Å². The van der Waals surface area contributed by atoms with Gasteiger partial charge in [0.1, 0.15) is 5.82 Å². The number of hydrogen-bond acceptors (Lipinski definition) is 4. The van der Waals surface area contributed by atoms with Gasteiger partial charge in [0, 0.05) is 23.9 Å². The summed E-state index contributed by atoms with van der Waals surface area (Å²) in [5.41, 5.74) is 0.297. The normalized spacial score (nSPS) is 10.6. The molecule has 1 aromatic heterocycles. The maximum absolute atomic E-state index is 13.4. The van der Waals surface area contributed by atoms with Crippen molar-refractivity contribution >= 4 is 28.1 Å². The number of hydrogen-bond donors (Lipinski definition) is 2. The third-order valence-electron chi connectivity index (χ3n) is 2.40. The molecule has 2 aromatic rings. The number of thiazole rings is 1. The Morgan fingerprint density at radius 1 is 1.25 bits per heavy atom. The Hall–Kier alpha value is -2.09. The van der Waals surface area contributed by atoms with Crippen LogP contribution in [0.25, 0.3) is 0 Å². The molecule has 0 saturated heterocycles. The van der Waals surface area contributed by atoms with Crippen LogP contribution >= 0.6 is 11.3 Å². The van der Waals surface area contributed by atoms with Crippen molar-refractivity contribution in [2.45, 2.75) is 12.8 Å². The highest BCUT2D eigenvalue weighted by molar-refractivity contribution is 7.13. The lowest BCUT2D eigenvalue weighted by molar-refractivity contribution is -0.136. The fourth-order valence-electron chi connectivity index (χ4n) is 1.45. The van der Waals surface area contributed by atoms with Crippen molar-refractivity contribution in [3.63, 3.8) is 0 Å². The highest BCUT2D eigenvalue weighted by atomic mass is 32.1. The van der Waals surface area contributed by atoms with Gasteiger partial charge >= 0.3 is 5.97 Å². The van der Waals surface area contributed by atoms with Gasteiger partial charge in [0.15, 0.2) is 16.8 Å². The molecule has 0 spiro atoms. The molecule has 20 heavy (non-hydrogen) atoms. The molecular formula is C12H9F3N2O2S. The smallest absolute Gasteiger partial charge is 0.303 e. The van der Waals surface area contributed by atoms with Crippen molar-refractivity contribution in [3.8, 4) is 0 Å². The fourth-order valence-corrected chi connectivity index (χ4v) is 2.20. The summed E-state index contributed by atoms with van der Waals surface area (Å²) in [6.07, 6.45) is 0.177. The molecule has 0 amide bonds. The van der Waals surface area contributed by atoms with E-state index in [1.54, 1.807) is 5.38 Å². The van der Waals surface area contributed by atoms with Crippen molar-refractivity contribution in [2.75, 3.05) is 5.32 Å². The number of carboxylic acid groups (broad SMARTS) is 1. The van der Waals surface area contributed by atoms with Crippen LogP contribution in [0, 0.1) is 17.5 Å². The second kappa shape index (κ2) is 5.91. The van der Waals surface area contributed by atoms with E-state index in [4.69, 9.17) is 5.11 Å². The lowest BCUT2D eigenvalue weighted by Crippen LogP contribution is -1.99. The highest BCUT2D eigenvalue weighted by Crippen LogP contribution is 2.25. The van der Waals surface area contributed by atoms with E-state index < -0.39 is 23.4 Å². The number of aryl methyl sites for hydroxylation is 1. The average Bonchev–Trinajstić information content (AvgIpc) is 2.81. The van der Waals surface area contributed by atoms with Crippen LogP contribution in [0.15, 0.2) is 17.5 Å². The van der Waals surface area contributed by atoms with Crippen molar-refractivity contribution in [1.82, 2.24) is 4.98 Å². The number of carbonyl (C=O) groups is 1. The number of rotatable bonds is 5. The summed E-state index contributed by atoms with van der Waals surface area (Å²) in [6.45, 7) is 0. The molecule has 0 fully saturated rings. The number of nitrogens with zero attached hydrogens (tertiary/aromatic N) is 1. The zero-order valence-electron chi connectivity index (χ0n) is 9.99. The largest absolute Gasteiger partial charge is 0.481 e. The minimum atomic E-state index is -1.27. The number of carboxylic acids is 1. The van der Waals surface area contributed by atoms with E-state index in [-0.39, 0.29) is 23.7 Å². The van der Waals surface area contributed by atoms with Gasteiger partial charge in [-0.05, 0) is 0 Å². The highest BCUT2D eigenvalue weighted by Gasteiger charge is 2.11. The monoisotopic (exact) mass is 302 g/mol. The Morgan fingerprint density at radius 2 is 1.95 bits per heavy atom. The molecule has 0 unspecified atom stereocenters. The predicted molar refractivity (Wildman–Crippen MR) is 67.7 cm³/mol. The Bertz CT molecular complexity index is 646. The van der Waals surface area contributed by atoms with Crippen LogP contribution in [0.2, 0.25) is 0 Å². The lowest BCUT2D eigenvalue weighted by Gasteiger charge is -2.04. The van der Waals surface area contributed by atoms with Crippen LogP contribution in [0.5, 0.6) is 0 Å². The van der Waals surface area contributed by atoms with Gasteiger partial charge in [0.2, 0.25) is 0 Å². The summed E-state index contributed by atoms with van der Waals surface area (Å²) in [5.74, 6) is -4.32. The first-order valence-corrected chi connectivity index (χ1v) is 6.41. The first-order chi connectivity index (χ1) is 9.45. The second-order valence-corrected chi connectivity index (χ2v) is 4.77. The SMILES string of the molecule is O=C(O)CCc1csc(Nc2cc(F)c(F)cc2F)n1. The van der Waals surface area contributed by atoms with Gasteiger partial charge in [-0.25, -0.2) is 18.2 Å². The molecule has 106 valence electrons. The molecule has 8 heteroatoms. The van der Waals surface area contributed by atoms with E-state index in [9.17, 15) is 18.0 Å². The molecule has 0 atom stereocenters. The van der Waals surface area contributed by atoms with Gasteiger partial charge in [0.25, 0.3) is 0 Å². The van der Waals surface area contributed by atoms with Crippen molar-refractivity contribution in [2.24, 2.45) is 0 Å². The van der Waals surface area contributed by atoms with E-state index in [0.29, 0.717) is 17.8 Å². The first-order valence-electron chi connectivity index (χ1n) is 5.53. The van der Waals surface area contributed by atoms with Crippen LogP contribution < -0.4 is 5.32 Å². The van der Waals surface area contributed by atoms with Crippen molar-refractivity contribution < 1.29 is 23.1 Å². The fraction of sp³-hybridized carbons (Fsp3) is 0.167. The second-order valence-electron chi connectivity index (χ2n) is 3.91. The number of anilines is 2. The maximum atomic E-state index is 13.4.